The number of rotatable bonds is 2. The van der Waals surface area contributed by atoms with E-state index in [0.717, 1.165) is 5.69 Å². The van der Waals surface area contributed by atoms with Crippen molar-refractivity contribution >= 4 is 8.32 Å². The molecule has 0 N–H and O–H groups in total. The first kappa shape index (κ1) is 9.19. The van der Waals surface area contributed by atoms with Gasteiger partial charge in [-0.1, -0.05) is 0 Å². The molecule has 12 heavy (non-hydrogen) atoms. The van der Waals surface area contributed by atoms with E-state index in [1.807, 2.05) is 13.0 Å². The van der Waals surface area contributed by atoms with E-state index in [2.05, 4.69) is 29.6 Å². The standard InChI is InChI=1S/C8H14N2OSi/c1-7-5-8(10-6-9-7)11-12(2,3)4/h5-6H,1-4H3. The van der Waals surface area contributed by atoms with Gasteiger partial charge in [-0.2, -0.15) is 0 Å². The zero-order valence-corrected chi connectivity index (χ0v) is 8.96. The molecule has 0 aliphatic heterocycles. The van der Waals surface area contributed by atoms with E-state index in [-0.39, 0.29) is 0 Å². The Morgan fingerprint density at radius 3 is 2.42 bits per heavy atom. The molecule has 1 rings (SSSR count). The van der Waals surface area contributed by atoms with Crippen molar-refractivity contribution in [2.75, 3.05) is 0 Å². The first-order valence-corrected chi connectivity index (χ1v) is 7.36. The van der Waals surface area contributed by atoms with E-state index in [1.165, 1.54) is 6.33 Å². The van der Waals surface area contributed by atoms with Gasteiger partial charge in [-0.15, -0.1) is 0 Å². The summed E-state index contributed by atoms with van der Waals surface area (Å²) in [5, 5.41) is 0. The summed E-state index contributed by atoms with van der Waals surface area (Å²) in [4.78, 5) is 8.02. The van der Waals surface area contributed by atoms with Crippen LogP contribution in [0.4, 0.5) is 0 Å². The Hall–Kier alpha value is -0.903. The maximum absolute atomic E-state index is 5.67. The van der Waals surface area contributed by atoms with E-state index >= 15 is 0 Å². The van der Waals surface area contributed by atoms with Crippen LogP contribution in [0.15, 0.2) is 12.4 Å². The molecule has 0 atom stereocenters. The van der Waals surface area contributed by atoms with Crippen LogP contribution in [0.3, 0.4) is 0 Å². The monoisotopic (exact) mass is 182 g/mol. The summed E-state index contributed by atoms with van der Waals surface area (Å²) < 4.78 is 5.67. The molecule has 0 aliphatic rings. The third kappa shape index (κ3) is 3.00. The highest BCUT2D eigenvalue weighted by molar-refractivity contribution is 6.70. The van der Waals surface area contributed by atoms with E-state index in [1.54, 1.807) is 0 Å². The number of aryl methyl sites for hydroxylation is 1. The summed E-state index contributed by atoms with van der Waals surface area (Å²) in [5.41, 5.74) is 0.943. The highest BCUT2D eigenvalue weighted by atomic mass is 28.4. The lowest BCUT2D eigenvalue weighted by Gasteiger charge is -2.17. The second-order valence-corrected chi connectivity index (χ2v) is 8.14. The molecule has 0 radical (unpaired) electrons. The first-order valence-electron chi connectivity index (χ1n) is 3.95. The van der Waals surface area contributed by atoms with E-state index in [0.29, 0.717) is 5.88 Å². The Morgan fingerprint density at radius 1 is 1.25 bits per heavy atom. The highest BCUT2D eigenvalue weighted by Crippen LogP contribution is 2.12. The van der Waals surface area contributed by atoms with Crippen molar-refractivity contribution in [3.8, 4) is 5.88 Å². The number of hydrogen-bond donors (Lipinski definition) is 0. The molecule has 0 aliphatic carbocycles. The van der Waals surface area contributed by atoms with Crippen molar-refractivity contribution < 1.29 is 4.43 Å². The van der Waals surface area contributed by atoms with Crippen LogP contribution in [-0.2, 0) is 0 Å². The molecule has 0 spiro atoms. The Labute approximate surface area is 73.9 Å². The molecular formula is C8H14N2OSi. The predicted molar refractivity (Wildman–Crippen MR) is 50.7 cm³/mol. The maximum Gasteiger partial charge on any atom is 0.244 e. The van der Waals surface area contributed by atoms with Crippen molar-refractivity contribution in [3.05, 3.63) is 18.1 Å². The van der Waals surface area contributed by atoms with Gasteiger partial charge in [0.15, 0.2) is 0 Å². The molecule has 4 heteroatoms. The summed E-state index contributed by atoms with van der Waals surface area (Å²) in [6.07, 6.45) is 1.53. The average molecular weight is 182 g/mol. The molecule has 1 aromatic rings. The second-order valence-electron chi connectivity index (χ2n) is 3.71. The predicted octanol–water partition coefficient (Wildman–Crippen LogP) is 2.00. The third-order valence-corrected chi connectivity index (χ3v) is 2.01. The summed E-state index contributed by atoms with van der Waals surface area (Å²) in [6.45, 7) is 8.32. The fourth-order valence-electron chi connectivity index (χ4n) is 0.800. The minimum Gasteiger partial charge on any atom is -0.531 e. The normalized spacial score (nSPS) is 11.3. The van der Waals surface area contributed by atoms with Crippen LogP contribution in [0.5, 0.6) is 5.88 Å². The molecule has 1 heterocycles. The Balaban J connectivity index is 2.77. The van der Waals surface area contributed by atoms with Crippen molar-refractivity contribution in [1.82, 2.24) is 9.97 Å². The number of aromatic nitrogens is 2. The largest absolute Gasteiger partial charge is 0.531 e. The van der Waals surface area contributed by atoms with Crippen molar-refractivity contribution in [2.24, 2.45) is 0 Å². The van der Waals surface area contributed by atoms with Crippen molar-refractivity contribution in [1.29, 1.82) is 0 Å². The second kappa shape index (κ2) is 3.22. The van der Waals surface area contributed by atoms with Crippen LogP contribution < -0.4 is 4.43 Å². The Kier molecular flexibility index (Phi) is 2.47. The molecule has 3 nitrogen and oxygen atoms in total. The molecule has 0 aromatic carbocycles. The van der Waals surface area contributed by atoms with Crippen LogP contribution in [0.1, 0.15) is 5.69 Å². The smallest absolute Gasteiger partial charge is 0.244 e. The molecule has 0 amide bonds. The lowest BCUT2D eigenvalue weighted by molar-refractivity contribution is 0.531. The fourth-order valence-corrected chi connectivity index (χ4v) is 1.54. The zero-order valence-electron chi connectivity index (χ0n) is 7.96. The first-order chi connectivity index (χ1) is 5.47. The topological polar surface area (TPSA) is 35.0 Å². The molecule has 0 unspecified atom stereocenters. The number of hydrogen-bond acceptors (Lipinski definition) is 3. The lowest BCUT2D eigenvalue weighted by Crippen LogP contribution is -2.29. The lowest BCUT2D eigenvalue weighted by atomic mass is 10.4. The molecular weight excluding hydrogens is 168 g/mol. The summed E-state index contributed by atoms with van der Waals surface area (Å²) in [6, 6.07) is 1.86. The van der Waals surface area contributed by atoms with Gasteiger partial charge >= 0.3 is 0 Å². The van der Waals surface area contributed by atoms with Gasteiger partial charge in [0.1, 0.15) is 6.33 Å². The van der Waals surface area contributed by atoms with E-state index < -0.39 is 8.32 Å². The summed E-state index contributed by atoms with van der Waals surface area (Å²) in [7, 11) is -1.51. The molecule has 0 bridgehead atoms. The van der Waals surface area contributed by atoms with Gasteiger partial charge in [0, 0.05) is 11.8 Å². The summed E-state index contributed by atoms with van der Waals surface area (Å²) in [5.74, 6) is 0.696. The summed E-state index contributed by atoms with van der Waals surface area (Å²) >= 11 is 0. The van der Waals surface area contributed by atoms with Crippen LogP contribution >= 0.6 is 0 Å². The van der Waals surface area contributed by atoms with Crippen LogP contribution in [0.2, 0.25) is 19.6 Å². The van der Waals surface area contributed by atoms with Gasteiger partial charge in [-0.25, -0.2) is 9.97 Å². The van der Waals surface area contributed by atoms with Gasteiger partial charge in [0.2, 0.25) is 14.2 Å². The molecule has 66 valence electrons. The highest BCUT2D eigenvalue weighted by Gasteiger charge is 2.16. The van der Waals surface area contributed by atoms with Gasteiger partial charge in [0.05, 0.1) is 0 Å². The SMILES string of the molecule is Cc1cc(O[Si](C)(C)C)ncn1. The van der Waals surface area contributed by atoms with Crippen molar-refractivity contribution in [3.63, 3.8) is 0 Å². The minimum atomic E-state index is -1.51. The van der Waals surface area contributed by atoms with Gasteiger partial charge in [-0.05, 0) is 26.6 Å². The quantitative estimate of drug-likeness (QED) is 0.656. The molecule has 0 fully saturated rings. The van der Waals surface area contributed by atoms with Crippen LogP contribution in [0.25, 0.3) is 0 Å². The van der Waals surface area contributed by atoms with E-state index in [4.69, 9.17) is 4.43 Å². The molecule has 1 aromatic heterocycles. The third-order valence-electron chi connectivity index (χ3n) is 1.19. The van der Waals surface area contributed by atoms with Crippen LogP contribution in [-0.4, -0.2) is 18.3 Å². The fraction of sp³-hybridized carbons (Fsp3) is 0.500. The molecule has 0 saturated carbocycles. The van der Waals surface area contributed by atoms with E-state index in [9.17, 15) is 0 Å². The maximum atomic E-state index is 5.67. The van der Waals surface area contributed by atoms with Crippen molar-refractivity contribution in [2.45, 2.75) is 26.6 Å². The zero-order chi connectivity index (χ0) is 9.19. The Morgan fingerprint density at radius 2 is 1.92 bits per heavy atom. The van der Waals surface area contributed by atoms with Crippen LogP contribution in [0, 0.1) is 6.92 Å². The minimum absolute atomic E-state index is 0.696. The Bertz CT molecular complexity index is 270. The van der Waals surface area contributed by atoms with Gasteiger partial charge in [-0.3, -0.25) is 0 Å². The van der Waals surface area contributed by atoms with Gasteiger partial charge in [0.25, 0.3) is 0 Å². The van der Waals surface area contributed by atoms with Gasteiger partial charge < -0.3 is 4.43 Å². The molecule has 0 saturated heterocycles. The average Bonchev–Trinajstić information content (AvgIpc) is 1.82. The number of nitrogens with zero attached hydrogens (tertiary/aromatic N) is 2.